The van der Waals surface area contributed by atoms with Crippen LogP contribution in [0.3, 0.4) is 0 Å². The molecule has 1 amide bonds. The number of nitrogens with zero attached hydrogens (tertiary/aromatic N) is 1. The fourth-order valence-electron chi connectivity index (χ4n) is 2.16. The van der Waals surface area contributed by atoms with Crippen molar-refractivity contribution in [2.45, 2.75) is 53.5 Å². The van der Waals surface area contributed by atoms with Crippen molar-refractivity contribution in [1.82, 2.24) is 5.32 Å². The number of hydrogen-bond donors (Lipinski definition) is 2. The molecular weight excluding hydrogens is 274 g/mol. The predicted molar refractivity (Wildman–Crippen MR) is 90.9 cm³/mol. The van der Waals surface area contributed by atoms with Crippen molar-refractivity contribution in [3.63, 3.8) is 0 Å². The minimum Gasteiger partial charge on any atom is -0.385 e. The number of anilines is 1. The number of amides is 1. The van der Waals surface area contributed by atoms with Gasteiger partial charge in [0.05, 0.1) is 11.5 Å². The van der Waals surface area contributed by atoms with Gasteiger partial charge in [-0.3, -0.25) is 4.79 Å². The van der Waals surface area contributed by atoms with Crippen LogP contribution in [0.15, 0.2) is 18.2 Å². The third-order valence-corrected chi connectivity index (χ3v) is 3.51. The number of hydrogen-bond acceptors (Lipinski definition) is 3. The van der Waals surface area contributed by atoms with E-state index < -0.39 is 0 Å². The molecule has 0 atom stereocenters. The first kappa shape index (κ1) is 18.0. The van der Waals surface area contributed by atoms with E-state index in [9.17, 15) is 4.79 Å². The molecule has 0 spiro atoms. The summed E-state index contributed by atoms with van der Waals surface area (Å²) >= 11 is 0. The van der Waals surface area contributed by atoms with Crippen molar-refractivity contribution < 1.29 is 4.79 Å². The largest absolute Gasteiger partial charge is 0.385 e. The molecule has 0 heterocycles. The number of nitriles is 1. The molecule has 1 aromatic rings. The Morgan fingerprint density at radius 2 is 2.05 bits per heavy atom. The van der Waals surface area contributed by atoms with Gasteiger partial charge in [0.25, 0.3) is 5.91 Å². The molecule has 120 valence electrons. The van der Waals surface area contributed by atoms with Crippen LogP contribution in [0, 0.1) is 23.7 Å². The van der Waals surface area contributed by atoms with Gasteiger partial charge in [0.15, 0.2) is 0 Å². The van der Waals surface area contributed by atoms with E-state index in [1.54, 1.807) is 0 Å². The van der Waals surface area contributed by atoms with Crippen molar-refractivity contribution in [1.29, 1.82) is 5.26 Å². The highest BCUT2D eigenvalue weighted by atomic mass is 16.1. The van der Waals surface area contributed by atoms with Crippen LogP contribution in [0.1, 0.15) is 56.5 Å². The Morgan fingerprint density at radius 3 is 2.59 bits per heavy atom. The smallest absolute Gasteiger partial charge is 0.251 e. The average molecular weight is 301 g/mol. The summed E-state index contributed by atoms with van der Waals surface area (Å²) < 4.78 is 0. The molecule has 0 unspecified atom stereocenters. The highest BCUT2D eigenvalue weighted by Gasteiger charge is 2.15. The lowest BCUT2D eigenvalue weighted by Gasteiger charge is -2.16. The minimum absolute atomic E-state index is 0.0413. The van der Waals surface area contributed by atoms with Crippen LogP contribution >= 0.6 is 0 Å². The van der Waals surface area contributed by atoms with E-state index in [2.05, 4.69) is 16.7 Å². The Hall–Kier alpha value is -2.02. The molecule has 1 rings (SSSR count). The Bertz CT molecular complexity index is 556. The second-order valence-corrected chi connectivity index (χ2v) is 6.68. The Balaban J connectivity index is 2.56. The third kappa shape index (κ3) is 5.77. The molecule has 0 saturated carbocycles. The summed E-state index contributed by atoms with van der Waals surface area (Å²) in [7, 11) is 0. The topological polar surface area (TPSA) is 64.9 Å². The van der Waals surface area contributed by atoms with Gasteiger partial charge in [-0.25, -0.2) is 0 Å². The Kier molecular flexibility index (Phi) is 6.42. The number of benzene rings is 1. The van der Waals surface area contributed by atoms with Gasteiger partial charge in [-0.05, 0) is 71.2 Å². The molecule has 0 fully saturated rings. The molecule has 0 saturated heterocycles. The van der Waals surface area contributed by atoms with Gasteiger partial charge in [-0.1, -0.05) is 0 Å². The SMILES string of the molecule is Cc1cc(C(=O)NC(C)C)ccc1NCCCC(C)(C)C#N. The number of nitrogens with one attached hydrogen (secondary N) is 2. The van der Waals surface area contributed by atoms with Crippen molar-refractivity contribution in [2.24, 2.45) is 5.41 Å². The van der Waals surface area contributed by atoms with Crippen LogP contribution in [-0.4, -0.2) is 18.5 Å². The van der Waals surface area contributed by atoms with Gasteiger partial charge in [0, 0.05) is 23.8 Å². The Labute approximate surface area is 133 Å². The van der Waals surface area contributed by atoms with Crippen molar-refractivity contribution in [2.75, 3.05) is 11.9 Å². The summed E-state index contributed by atoms with van der Waals surface area (Å²) in [6.45, 7) is 10.6. The van der Waals surface area contributed by atoms with Crippen LogP contribution < -0.4 is 10.6 Å². The van der Waals surface area contributed by atoms with Crippen LogP contribution in [0.4, 0.5) is 5.69 Å². The van der Waals surface area contributed by atoms with E-state index in [1.165, 1.54) is 0 Å². The van der Waals surface area contributed by atoms with Crippen LogP contribution in [0.25, 0.3) is 0 Å². The summed E-state index contributed by atoms with van der Waals surface area (Å²) in [5, 5.41) is 15.3. The quantitative estimate of drug-likeness (QED) is 0.751. The lowest BCUT2D eigenvalue weighted by molar-refractivity contribution is 0.0943. The molecule has 1 aromatic carbocycles. The standard InChI is InChI=1S/C18H27N3O/c1-13(2)21-17(22)15-7-8-16(14(3)11-15)20-10-6-9-18(4,5)12-19/h7-8,11,13,20H,6,9-10H2,1-5H3,(H,21,22). The lowest BCUT2D eigenvalue weighted by Crippen LogP contribution is -2.30. The summed E-state index contributed by atoms with van der Waals surface area (Å²) in [5.74, 6) is -0.0413. The van der Waals surface area contributed by atoms with Gasteiger partial charge in [0.2, 0.25) is 0 Å². The van der Waals surface area contributed by atoms with Crippen LogP contribution in [-0.2, 0) is 0 Å². The highest BCUT2D eigenvalue weighted by Crippen LogP contribution is 2.21. The zero-order valence-electron chi connectivity index (χ0n) is 14.3. The molecule has 4 nitrogen and oxygen atoms in total. The number of carbonyl (C=O) groups is 1. The van der Waals surface area contributed by atoms with Crippen molar-refractivity contribution in [3.8, 4) is 6.07 Å². The second-order valence-electron chi connectivity index (χ2n) is 6.68. The maximum atomic E-state index is 12.0. The number of rotatable bonds is 7. The maximum absolute atomic E-state index is 12.0. The fourth-order valence-corrected chi connectivity index (χ4v) is 2.16. The predicted octanol–water partition coefficient (Wildman–Crippen LogP) is 3.88. The molecule has 0 bridgehead atoms. The van der Waals surface area contributed by atoms with Crippen molar-refractivity contribution >= 4 is 11.6 Å². The van der Waals surface area contributed by atoms with Gasteiger partial charge in [-0.15, -0.1) is 0 Å². The second kappa shape index (κ2) is 7.84. The van der Waals surface area contributed by atoms with Gasteiger partial charge >= 0.3 is 0 Å². The van der Waals surface area contributed by atoms with Crippen LogP contribution in [0.5, 0.6) is 0 Å². The van der Waals surface area contributed by atoms with Gasteiger partial charge in [-0.2, -0.15) is 5.26 Å². The first-order valence-electron chi connectivity index (χ1n) is 7.82. The zero-order valence-corrected chi connectivity index (χ0v) is 14.3. The zero-order chi connectivity index (χ0) is 16.8. The van der Waals surface area contributed by atoms with E-state index in [-0.39, 0.29) is 17.4 Å². The number of aryl methyl sites for hydroxylation is 1. The van der Waals surface area contributed by atoms with E-state index in [1.807, 2.05) is 52.8 Å². The summed E-state index contributed by atoms with van der Waals surface area (Å²) in [6.07, 6.45) is 1.81. The van der Waals surface area contributed by atoms with E-state index in [0.717, 1.165) is 30.6 Å². The fraction of sp³-hybridized carbons (Fsp3) is 0.556. The molecule has 0 aromatic heterocycles. The molecule has 2 N–H and O–H groups in total. The normalized spacial score (nSPS) is 11.1. The molecule has 0 aliphatic heterocycles. The van der Waals surface area contributed by atoms with Crippen LogP contribution in [0.2, 0.25) is 0 Å². The molecule has 0 aliphatic carbocycles. The summed E-state index contributed by atoms with van der Waals surface area (Å²) in [5.41, 5.74) is 2.50. The van der Waals surface area contributed by atoms with E-state index in [4.69, 9.17) is 5.26 Å². The third-order valence-electron chi connectivity index (χ3n) is 3.51. The molecule has 4 heteroatoms. The number of carbonyl (C=O) groups excluding carboxylic acids is 1. The molecule has 0 radical (unpaired) electrons. The minimum atomic E-state index is -0.268. The van der Waals surface area contributed by atoms with Gasteiger partial charge in [0.1, 0.15) is 0 Å². The monoisotopic (exact) mass is 301 g/mol. The molecular formula is C18H27N3O. The summed E-state index contributed by atoms with van der Waals surface area (Å²) in [6, 6.07) is 8.13. The van der Waals surface area contributed by atoms with Gasteiger partial charge < -0.3 is 10.6 Å². The van der Waals surface area contributed by atoms with Crippen molar-refractivity contribution in [3.05, 3.63) is 29.3 Å². The first-order valence-corrected chi connectivity index (χ1v) is 7.82. The van der Waals surface area contributed by atoms with E-state index >= 15 is 0 Å². The molecule has 0 aliphatic rings. The first-order chi connectivity index (χ1) is 10.2. The maximum Gasteiger partial charge on any atom is 0.251 e. The Morgan fingerprint density at radius 1 is 1.36 bits per heavy atom. The lowest BCUT2D eigenvalue weighted by atomic mass is 9.90. The summed E-state index contributed by atoms with van der Waals surface area (Å²) in [4.78, 5) is 12.0. The molecule has 22 heavy (non-hydrogen) atoms. The van der Waals surface area contributed by atoms with E-state index in [0.29, 0.717) is 5.56 Å². The average Bonchev–Trinajstić information content (AvgIpc) is 2.44. The highest BCUT2D eigenvalue weighted by molar-refractivity contribution is 5.95.